The molecular weight excluding hydrogens is 544 g/mol. The zero-order valence-corrected chi connectivity index (χ0v) is 25.4. The standard InChI is InChI=1S/C38H42N4O2/c43-22-12-7-5-3-1-2-4-6-8-13-23-44-38-36-27-34-21-19-32(41-34)25-30-17-16-29(39-30)24-31-18-20-33(40-31)26-35(42-36)37(38)28-14-10-9-11-15-28/h9-11,14-21,24-27,39,41,43H,1-8,12-13,22-23H2. The molecule has 0 atom stereocenters. The van der Waals surface area contributed by atoms with Crippen molar-refractivity contribution in [2.24, 2.45) is 0 Å². The van der Waals surface area contributed by atoms with Crippen LogP contribution >= 0.6 is 0 Å². The van der Waals surface area contributed by atoms with Crippen LogP contribution in [-0.2, 0) is 4.74 Å². The van der Waals surface area contributed by atoms with E-state index in [2.05, 4.69) is 82.8 Å². The van der Waals surface area contributed by atoms with Crippen molar-refractivity contribution in [3.63, 3.8) is 0 Å². The Bertz CT molecular complexity index is 1760. The van der Waals surface area contributed by atoms with Gasteiger partial charge in [0.15, 0.2) is 5.76 Å². The molecule has 0 aliphatic carbocycles. The van der Waals surface area contributed by atoms with Crippen LogP contribution in [0.5, 0.6) is 0 Å². The van der Waals surface area contributed by atoms with Crippen LogP contribution in [-0.4, -0.2) is 38.3 Å². The average molecular weight is 587 g/mol. The fourth-order valence-electron chi connectivity index (χ4n) is 5.88. The lowest BCUT2D eigenvalue weighted by Gasteiger charge is -2.11. The normalized spacial score (nSPS) is 12.7. The van der Waals surface area contributed by atoms with Crippen molar-refractivity contribution in [1.29, 1.82) is 0 Å². The predicted molar refractivity (Wildman–Crippen MR) is 181 cm³/mol. The van der Waals surface area contributed by atoms with Crippen molar-refractivity contribution in [3.8, 4) is 0 Å². The molecule has 6 nitrogen and oxygen atoms in total. The number of unbranched alkanes of at least 4 members (excludes halogenated alkanes) is 9. The lowest BCUT2D eigenvalue weighted by molar-refractivity contribution is 0.267. The number of H-pyrrole nitrogens is 2. The molecule has 6 heteroatoms. The molecule has 0 saturated carbocycles. The summed E-state index contributed by atoms with van der Waals surface area (Å²) in [5.41, 5.74) is 9.54. The number of nitrogens with zero attached hydrogens (tertiary/aromatic N) is 2. The molecule has 6 rings (SSSR count). The van der Waals surface area contributed by atoms with E-state index in [1.54, 1.807) is 0 Å². The summed E-state index contributed by atoms with van der Waals surface area (Å²) in [5, 5.41) is 8.92. The summed E-state index contributed by atoms with van der Waals surface area (Å²) in [7, 11) is 0. The highest BCUT2D eigenvalue weighted by atomic mass is 16.5. The van der Waals surface area contributed by atoms with Gasteiger partial charge in [-0.1, -0.05) is 81.7 Å². The third-order valence-corrected chi connectivity index (χ3v) is 8.15. The van der Waals surface area contributed by atoms with E-state index >= 15 is 0 Å². The number of nitrogens with one attached hydrogen (secondary N) is 2. The van der Waals surface area contributed by atoms with Gasteiger partial charge in [-0.3, -0.25) is 0 Å². The molecule has 0 spiro atoms. The second-order valence-electron chi connectivity index (χ2n) is 11.7. The Labute approximate surface area is 259 Å². The Morgan fingerprint density at radius 1 is 0.545 bits per heavy atom. The Kier molecular flexibility index (Phi) is 10.0. The van der Waals surface area contributed by atoms with Gasteiger partial charge < -0.3 is 19.8 Å². The summed E-state index contributed by atoms with van der Waals surface area (Å²) in [6.45, 7) is 0.972. The topological polar surface area (TPSA) is 86.8 Å². The van der Waals surface area contributed by atoms with Gasteiger partial charge in [-0.15, -0.1) is 0 Å². The van der Waals surface area contributed by atoms with E-state index in [1.807, 2.05) is 18.2 Å². The second-order valence-corrected chi connectivity index (χ2v) is 11.7. The van der Waals surface area contributed by atoms with Crippen LogP contribution in [0, 0.1) is 0 Å². The smallest absolute Gasteiger partial charge is 0.154 e. The van der Waals surface area contributed by atoms with E-state index in [-0.39, 0.29) is 0 Å². The molecule has 44 heavy (non-hydrogen) atoms. The molecule has 2 aliphatic heterocycles. The number of aliphatic hydroxyl groups excluding tert-OH is 1. The van der Waals surface area contributed by atoms with Gasteiger partial charge in [0.2, 0.25) is 0 Å². The van der Waals surface area contributed by atoms with Gasteiger partial charge in [-0.2, -0.15) is 0 Å². The molecule has 0 fully saturated rings. The molecule has 4 aromatic rings. The molecule has 3 aromatic heterocycles. The number of ether oxygens (including phenoxy) is 1. The minimum atomic E-state index is 0.320. The van der Waals surface area contributed by atoms with Crippen LogP contribution in [0.3, 0.4) is 0 Å². The van der Waals surface area contributed by atoms with Gasteiger partial charge in [-0.05, 0) is 79.1 Å². The zero-order chi connectivity index (χ0) is 30.0. The average Bonchev–Trinajstić information content (AvgIpc) is 3.84. The molecule has 3 N–H and O–H groups in total. The second kappa shape index (κ2) is 14.8. The maximum atomic E-state index is 8.92. The molecule has 226 valence electrons. The zero-order valence-electron chi connectivity index (χ0n) is 25.4. The number of aromatic nitrogens is 4. The monoisotopic (exact) mass is 586 g/mol. The van der Waals surface area contributed by atoms with Crippen LogP contribution in [0.4, 0.5) is 0 Å². The Morgan fingerprint density at radius 2 is 1.11 bits per heavy atom. The first-order chi connectivity index (χ1) is 21.7. The van der Waals surface area contributed by atoms with E-state index in [4.69, 9.17) is 19.8 Å². The maximum Gasteiger partial charge on any atom is 0.154 e. The SMILES string of the molecule is OCCCCCCCCCCCCOC1=C(c2ccccc2)c2cc3nc(cc4ccc(cc5ccc(cc1n2)[nH]5)[nH]4)C=C3. The molecule has 8 bridgehead atoms. The van der Waals surface area contributed by atoms with Crippen molar-refractivity contribution in [1.82, 2.24) is 19.9 Å². The van der Waals surface area contributed by atoms with E-state index in [9.17, 15) is 0 Å². The number of rotatable bonds is 14. The first-order valence-corrected chi connectivity index (χ1v) is 16.2. The highest BCUT2D eigenvalue weighted by Crippen LogP contribution is 2.36. The summed E-state index contributed by atoms with van der Waals surface area (Å²) >= 11 is 0. The summed E-state index contributed by atoms with van der Waals surface area (Å²) in [5.74, 6) is 0.821. The fraction of sp³-hybridized carbons (Fsp3) is 0.316. The van der Waals surface area contributed by atoms with Crippen LogP contribution in [0.15, 0.2) is 78.9 Å². The molecule has 0 saturated heterocycles. The molecule has 0 unspecified atom stereocenters. The molecular formula is C38H42N4O2. The van der Waals surface area contributed by atoms with Gasteiger partial charge in [0.25, 0.3) is 0 Å². The number of fused-ring (bicyclic) bond motifs is 8. The fourth-order valence-corrected chi connectivity index (χ4v) is 5.88. The van der Waals surface area contributed by atoms with E-state index in [0.29, 0.717) is 13.2 Å². The maximum absolute atomic E-state index is 8.92. The van der Waals surface area contributed by atoms with Crippen LogP contribution in [0.1, 0.15) is 92.5 Å². The minimum absolute atomic E-state index is 0.320. The number of aliphatic hydroxyl groups is 1. The molecule has 5 heterocycles. The van der Waals surface area contributed by atoms with Gasteiger partial charge in [-0.25, -0.2) is 9.97 Å². The number of hydrogen-bond donors (Lipinski definition) is 3. The summed E-state index contributed by atoms with van der Waals surface area (Å²) in [4.78, 5) is 17.0. The van der Waals surface area contributed by atoms with E-state index < -0.39 is 0 Å². The van der Waals surface area contributed by atoms with Gasteiger partial charge in [0.05, 0.1) is 29.3 Å². The molecule has 0 radical (unpaired) electrons. The van der Waals surface area contributed by atoms with E-state index in [1.165, 1.54) is 38.5 Å². The van der Waals surface area contributed by atoms with Crippen LogP contribution < -0.4 is 0 Å². The quantitative estimate of drug-likeness (QED) is 0.113. The highest BCUT2D eigenvalue weighted by Gasteiger charge is 2.23. The molecule has 0 amide bonds. The third kappa shape index (κ3) is 7.74. The molecule has 1 aromatic carbocycles. The number of aromatic amines is 2. The molecule has 2 aliphatic rings. The summed E-state index contributed by atoms with van der Waals surface area (Å²) < 4.78 is 6.62. The van der Waals surface area contributed by atoms with Crippen molar-refractivity contribution in [2.75, 3.05) is 13.2 Å². The van der Waals surface area contributed by atoms with E-state index in [0.717, 1.165) is 87.4 Å². The third-order valence-electron chi connectivity index (χ3n) is 8.15. The largest absolute Gasteiger partial charge is 0.491 e. The first-order valence-electron chi connectivity index (χ1n) is 16.2. The lowest BCUT2D eigenvalue weighted by Crippen LogP contribution is -1.97. The summed E-state index contributed by atoms with van der Waals surface area (Å²) in [6.07, 6.45) is 15.9. The number of benzene rings is 1. The first kappa shape index (κ1) is 29.6. The van der Waals surface area contributed by atoms with Crippen molar-refractivity contribution in [2.45, 2.75) is 64.2 Å². The Balaban J connectivity index is 1.26. The minimum Gasteiger partial charge on any atom is -0.491 e. The van der Waals surface area contributed by atoms with Gasteiger partial charge in [0.1, 0.15) is 5.69 Å². The van der Waals surface area contributed by atoms with Crippen molar-refractivity contribution in [3.05, 3.63) is 107 Å². The highest BCUT2D eigenvalue weighted by molar-refractivity contribution is 5.98. The summed E-state index contributed by atoms with van der Waals surface area (Å²) in [6, 6.07) is 27.0. The van der Waals surface area contributed by atoms with Gasteiger partial charge >= 0.3 is 0 Å². The Hall–Kier alpha value is -4.42. The predicted octanol–water partition coefficient (Wildman–Crippen LogP) is 9.31. The Morgan fingerprint density at radius 3 is 1.77 bits per heavy atom. The number of hydrogen-bond acceptors (Lipinski definition) is 4. The van der Waals surface area contributed by atoms with Gasteiger partial charge in [0, 0.05) is 28.7 Å². The van der Waals surface area contributed by atoms with Crippen LogP contribution in [0.2, 0.25) is 0 Å². The van der Waals surface area contributed by atoms with Crippen LogP contribution in [0.25, 0.3) is 45.6 Å². The lowest BCUT2D eigenvalue weighted by atomic mass is 10.0. The van der Waals surface area contributed by atoms with Crippen molar-refractivity contribution < 1.29 is 9.84 Å². The van der Waals surface area contributed by atoms with Crippen molar-refractivity contribution >= 4 is 45.6 Å².